The van der Waals surface area contributed by atoms with Gasteiger partial charge in [0.2, 0.25) is 5.91 Å². The predicted octanol–water partition coefficient (Wildman–Crippen LogP) is 2.32. The van der Waals surface area contributed by atoms with Crippen molar-refractivity contribution in [2.45, 2.75) is 27.7 Å². The third-order valence-corrected chi connectivity index (χ3v) is 4.53. The molecule has 1 aromatic rings. The third kappa shape index (κ3) is 3.37. The van der Waals surface area contributed by atoms with Gasteiger partial charge in [-0.05, 0) is 25.3 Å². The Morgan fingerprint density at radius 1 is 1.35 bits per heavy atom. The van der Waals surface area contributed by atoms with E-state index in [2.05, 4.69) is 5.32 Å². The summed E-state index contributed by atoms with van der Waals surface area (Å²) >= 11 is 1.38. The number of esters is 1. The van der Waals surface area contributed by atoms with Gasteiger partial charge in [-0.3, -0.25) is 4.79 Å². The zero-order valence-electron chi connectivity index (χ0n) is 12.6. The molecule has 6 heteroatoms. The van der Waals surface area contributed by atoms with E-state index < -0.39 is 5.97 Å². The van der Waals surface area contributed by atoms with Crippen molar-refractivity contribution in [1.82, 2.24) is 0 Å². The fourth-order valence-corrected chi connectivity index (χ4v) is 3.00. The van der Waals surface area contributed by atoms with Crippen LogP contribution in [0.3, 0.4) is 0 Å². The van der Waals surface area contributed by atoms with Crippen LogP contribution in [-0.4, -0.2) is 25.5 Å². The van der Waals surface area contributed by atoms with Gasteiger partial charge in [-0.25, -0.2) is 4.79 Å². The molecule has 0 fully saturated rings. The Labute approximate surface area is 123 Å². The van der Waals surface area contributed by atoms with E-state index in [0.717, 1.165) is 10.4 Å². The zero-order chi connectivity index (χ0) is 15.4. The molecule has 1 amide bonds. The molecule has 5 nitrogen and oxygen atoms in total. The summed E-state index contributed by atoms with van der Waals surface area (Å²) in [7, 11) is 1.33. The largest absolute Gasteiger partial charge is 0.465 e. The molecular weight excluding hydrogens is 276 g/mol. The van der Waals surface area contributed by atoms with E-state index in [-0.39, 0.29) is 24.3 Å². The maximum absolute atomic E-state index is 12.2. The van der Waals surface area contributed by atoms with Crippen LogP contribution >= 0.6 is 11.3 Å². The van der Waals surface area contributed by atoms with Crippen molar-refractivity contribution >= 4 is 28.2 Å². The van der Waals surface area contributed by atoms with Crippen LogP contribution in [0.2, 0.25) is 0 Å². The van der Waals surface area contributed by atoms with E-state index in [4.69, 9.17) is 10.5 Å². The summed E-state index contributed by atoms with van der Waals surface area (Å²) in [5, 5.41) is 3.36. The molecular formula is C14H22N2O3S. The van der Waals surface area contributed by atoms with Crippen molar-refractivity contribution in [3.05, 3.63) is 16.0 Å². The van der Waals surface area contributed by atoms with Crippen molar-refractivity contribution in [2.75, 3.05) is 19.0 Å². The average molecular weight is 298 g/mol. The molecule has 0 radical (unpaired) electrons. The first-order valence-electron chi connectivity index (χ1n) is 6.52. The van der Waals surface area contributed by atoms with Crippen LogP contribution in [0.4, 0.5) is 5.00 Å². The second-order valence-electron chi connectivity index (χ2n) is 5.05. The number of anilines is 1. The molecule has 1 atom stereocenters. The van der Waals surface area contributed by atoms with Crippen molar-refractivity contribution in [1.29, 1.82) is 0 Å². The van der Waals surface area contributed by atoms with E-state index in [9.17, 15) is 9.59 Å². The highest BCUT2D eigenvalue weighted by Crippen LogP contribution is 2.33. The number of carbonyl (C=O) groups excluding carboxylic acids is 2. The Hall–Kier alpha value is -1.40. The Balaban J connectivity index is 3.06. The Kier molecular flexibility index (Phi) is 5.71. The quantitative estimate of drug-likeness (QED) is 0.817. The molecule has 1 unspecified atom stereocenters. The number of thiophene rings is 1. The molecule has 0 aliphatic carbocycles. The van der Waals surface area contributed by atoms with E-state index >= 15 is 0 Å². The van der Waals surface area contributed by atoms with Gasteiger partial charge in [-0.15, -0.1) is 11.3 Å². The first kappa shape index (κ1) is 16.7. The summed E-state index contributed by atoms with van der Waals surface area (Å²) in [5.41, 5.74) is 6.91. The lowest BCUT2D eigenvalue weighted by Gasteiger charge is -2.18. The van der Waals surface area contributed by atoms with E-state index in [1.807, 2.05) is 27.7 Å². The van der Waals surface area contributed by atoms with E-state index in [0.29, 0.717) is 10.6 Å². The van der Waals surface area contributed by atoms with Gasteiger partial charge in [0.05, 0.1) is 18.6 Å². The number of aryl methyl sites for hydroxylation is 1. The summed E-state index contributed by atoms with van der Waals surface area (Å²) < 4.78 is 4.78. The van der Waals surface area contributed by atoms with Crippen LogP contribution in [0.15, 0.2) is 0 Å². The smallest absolute Gasteiger partial charge is 0.341 e. The number of nitrogens with one attached hydrogen (secondary N) is 1. The summed E-state index contributed by atoms with van der Waals surface area (Å²) in [6.07, 6.45) is 0. The average Bonchev–Trinajstić information content (AvgIpc) is 2.64. The Bertz CT molecular complexity index is 509. The standard InChI is InChI=1S/C14H22N2O3S/c1-7(2)10(6-15)12(17)16-13-11(14(18)19-5)8(3)9(4)20-13/h7,10H,6,15H2,1-5H3,(H,16,17). The summed E-state index contributed by atoms with van der Waals surface area (Å²) in [5.74, 6) is -0.725. The number of amides is 1. The maximum atomic E-state index is 12.2. The molecule has 0 spiro atoms. The number of hydrogen-bond acceptors (Lipinski definition) is 5. The molecule has 0 aliphatic heterocycles. The first-order valence-corrected chi connectivity index (χ1v) is 7.34. The van der Waals surface area contributed by atoms with Gasteiger partial charge in [0.1, 0.15) is 5.00 Å². The van der Waals surface area contributed by atoms with Gasteiger partial charge in [0.25, 0.3) is 0 Å². The lowest BCUT2D eigenvalue weighted by Crippen LogP contribution is -2.33. The van der Waals surface area contributed by atoms with Crippen LogP contribution < -0.4 is 11.1 Å². The molecule has 0 saturated heterocycles. The highest BCUT2D eigenvalue weighted by molar-refractivity contribution is 7.16. The molecule has 1 heterocycles. The van der Waals surface area contributed by atoms with Gasteiger partial charge >= 0.3 is 5.97 Å². The summed E-state index contributed by atoms with van der Waals surface area (Å²) in [6, 6.07) is 0. The highest BCUT2D eigenvalue weighted by Gasteiger charge is 2.25. The first-order chi connectivity index (χ1) is 9.33. The van der Waals surface area contributed by atoms with Gasteiger partial charge in [-0.1, -0.05) is 13.8 Å². The number of hydrogen-bond donors (Lipinski definition) is 2. The zero-order valence-corrected chi connectivity index (χ0v) is 13.4. The Morgan fingerprint density at radius 3 is 2.40 bits per heavy atom. The maximum Gasteiger partial charge on any atom is 0.341 e. The second-order valence-corrected chi connectivity index (χ2v) is 6.28. The minimum atomic E-state index is -0.434. The minimum absolute atomic E-state index is 0.142. The van der Waals surface area contributed by atoms with Crippen LogP contribution in [0.25, 0.3) is 0 Å². The predicted molar refractivity (Wildman–Crippen MR) is 81.1 cm³/mol. The molecule has 1 rings (SSSR count). The lowest BCUT2D eigenvalue weighted by atomic mass is 9.95. The number of carbonyl (C=O) groups is 2. The fourth-order valence-electron chi connectivity index (χ4n) is 1.95. The number of rotatable bonds is 5. The van der Waals surface area contributed by atoms with Gasteiger partial charge in [0, 0.05) is 11.4 Å². The molecule has 0 saturated carbocycles. The minimum Gasteiger partial charge on any atom is -0.465 e. The van der Waals surface area contributed by atoms with Crippen molar-refractivity contribution < 1.29 is 14.3 Å². The second kappa shape index (κ2) is 6.85. The lowest BCUT2D eigenvalue weighted by molar-refractivity contribution is -0.120. The molecule has 20 heavy (non-hydrogen) atoms. The van der Waals surface area contributed by atoms with Crippen LogP contribution in [-0.2, 0) is 9.53 Å². The number of methoxy groups -OCH3 is 1. The van der Waals surface area contributed by atoms with Crippen LogP contribution in [0.1, 0.15) is 34.6 Å². The van der Waals surface area contributed by atoms with Gasteiger partial charge in [0.15, 0.2) is 0 Å². The van der Waals surface area contributed by atoms with Crippen LogP contribution in [0, 0.1) is 25.7 Å². The molecule has 112 valence electrons. The third-order valence-electron chi connectivity index (χ3n) is 3.41. The molecule has 0 bridgehead atoms. The van der Waals surface area contributed by atoms with Crippen molar-refractivity contribution in [2.24, 2.45) is 17.6 Å². The molecule has 1 aromatic heterocycles. The summed E-state index contributed by atoms with van der Waals surface area (Å²) in [4.78, 5) is 25.0. The van der Waals surface area contributed by atoms with Crippen molar-refractivity contribution in [3.63, 3.8) is 0 Å². The van der Waals surface area contributed by atoms with Crippen LogP contribution in [0.5, 0.6) is 0 Å². The highest BCUT2D eigenvalue weighted by atomic mass is 32.1. The van der Waals surface area contributed by atoms with E-state index in [1.54, 1.807) is 0 Å². The van der Waals surface area contributed by atoms with Gasteiger partial charge in [-0.2, -0.15) is 0 Å². The van der Waals surface area contributed by atoms with E-state index in [1.165, 1.54) is 18.4 Å². The number of ether oxygens (including phenoxy) is 1. The SMILES string of the molecule is COC(=O)c1c(NC(=O)C(CN)C(C)C)sc(C)c1C. The van der Waals surface area contributed by atoms with Crippen molar-refractivity contribution in [3.8, 4) is 0 Å². The van der Waals surface area contributed by atoms with Gasteiger partial charge < -0.3 is 15.8 Å². The molecule has 3 N–H and O–H groups in total. The normalized spacial score (nSPS) is 12.3. The Morgan fingerprint density at radius 2 is 1.95 bits per heavy atom. The summed E-state index contributed by atoms with van der Waals surface area (Å²) in [6.45, 7) is 7.93. The fraction of sp³-hybridized carbons (Fsp3) is 0.571. The monoisotopic (exact) mass is 298 g/mol. The topological polar surface area (TPSA) is 81.4 Å². The number of nitrogens with two attached hydrogens (primary N) is 1. The molecule has 0 aliphatic rings. The molecule has 0 aromatic carbocycles.